The lowest BCUT2D eigenvalue weighted by atomic mass is 10.5. The molecular formula is C5H4N2O2. The summed E-state index contributed by atoms with van der Waals surface area (Å²) in [4.78, 5) is 10.2. The van der Waals surface area contributed by atoms with Gasteiger partial charge >= 0.3 is 5.97 Å². The van der Waals surface area contributed by atoms with Gasteiger partial charge in [-0.05, 0) is 0 Å². The van der Waals surface area contributed by atoms with Crippen molar-refractivity contribution in [2.45, 2.75) is 6.42 Å². The van der Waals surface area contributed by atoms with Crippen molar-refractivity contribution in [3.05, 3.63) is 0 Å². The van der Waals surface area contributed by atoms with E-state index in [2.05, 4.69) is 4.74 Å². The molecule has 0 aliphatic carbocycles. The summed E-state index contributed by atoms with van der Waals surface area (Å²) in [6.45, 7) is -0.277. The topological polar surface area (TPSA) is 73.9 Å². The first kappa shape index (κ1) is 7.45. The molecule has 0 saturated heterocycles. The minimum atomic E-state index is -0.654. The van der Waals surface area contributed by atoms with E-state index in [1.165, 1.54) is 0 Å². The van der Waals surface area contributed by atoms with E-state index in [9.17, 15) is 4.79 Å². The van der Waals surface area contributed by atoms with Crippen LogP contribution in [-0.2, 0) is 9.53 Å². The van der Waals surface area contributed by atoms with Crippen molar-refractivity contribution < 1.29 is 9.53 Å². The Hall–Kier alpha value is -1.55. The standard InChI is InChI=1S/C5H4N2O2/c6-2-1-5(8)9-4-3-7/h1,4H2. The van der Waals surface area contributed by atoms with Crippen LogP contribution >= 0.6 is 0 Å². The van der Waals surface area contributed by atoms with Crippen LogP contribution in [0.5, 0.6) is 0 Å². The molecule has 4 nitrogen and oxygen atoms in total. The minimum Gasteiger partial charge on any atom is -0.449 e. The van der Waals surface area contributed by atoms with E-state index in [-0.39, 0.29) is 13.0 Å². The van der Waals surface area contributed by atoms with Crippen LogP contribution in [-0.4, -0.2) is 12.6 Å². The summed E-state index contributed by atoms with van der Waals surface area (Å²) in [5, 5.41) is 15.8. The van der Waals surface area contributed by atoms with E-state index in [0.717, 1.165) is 0 Å². The van der Waals surface area contributed by atoms with Gasteiger partial charge in [-0.25, -0.2) is 0 Å². The summed E-state index contributed by atoms with van der Waals surface area (Å²) in [7, 11) is 0. The Morgan fingerprint density at radius 2 is 2.11 bits per heavy atom. The Labute approximate surface area is 52.3 Å². The first-order valence-electron chi connectivity index (χ1n) is 2.20. The number of ether oxygens (including phenoxy) is 1. The smallest absolute Gasteiger partial charge is 0.321 e. The minimum absolute atomic E-state index is 0.277. The lowest BCUT2D eigenvalue weighted by molar-refractivity contribution is -0.140. The number of nitrogens with zero attached hydrogens (tertiary/aromatic N) is 2. The monoisotopic (exact) mass is 124 g/mol. The van der Waals surface area contributed by atoms with E-state index < -0.39 is 5.97 Å². The van der Waals surface area contributed by atoms with Crippen molar-refractivity contribution in [3.8, 4) is 12.1 Å². The molecule has 0 atom stereocenters. The fraction of sp³-hybridized carbons (Fsp3) is 0.400. The molecule has 0 aliphatic rings. The number of hydrogen-bond donors (Lipinski definition) is 0. The molecule has 4 heteroatoms. The van der Waals surface area contributed by atoms with Crippen molar-refractivity contribution in [2.24, 2.45) is 0 Å². The zero-order valence-corrected chi connectivity index (χ0v) is 4.63. The molecule has 0 aromatic rings. The van der Waals surface area contributed by atoms with E-state index >= 15 is 0 Å². The number of nitriles is 2. The summed E-state index contributed by atoms with van der Waals surface area (Å²) in [6, 6.07) is 3.20. The third-order valence-corrected chi connectivity index (χ3v) is 0.521. The summed E-state index contributed by atoms with van der Waals surface area (Å²) in [5.74, 6) is -0.654. The van der Waals surface area contributed by atoms with Crippen molar-refractivity contribution in [1.29, 1.82) is 10.5 Å². The van der Waals surface area contributed by atoms with Gasteiger partial charge in [-0.1, -0.05) is 0 Å². The molecule has 0 aromatic heterocycles. The predicted molar refractivity (Wildman–Crippen MR) is 26.8 cm³/mol. The van der Waals surface area contributed by atoms with Gasteiger partial charge < -0.3 is 4.74 Å². The van der Waals surface area contributed by atoms with Crippen LogP contribution in [0, 0.1) is 22.7 Å². The van der Waals surface area contributed by atoms with Crippen LogP contribution in [0.1, 0.15) is 6.42 Å². The van der Waals surface area contributed by atoms with Crippen molar-refractivity contribution in [2.75, 3.05) is 6.61 Å². The lowest BCUT2D eigenvalue weighted by Gasteiger charge is -1.90. The number of esters is 1. The number of carbonyl (C=O) groups excluding carboxylic acids is 1. The molecule has 0 bridgehead atoms. The average Bonchev–Trinajstić information content (AvgIpc) is 1.85. The quantitative estimate of drug-likeness (QED) is 0.484. The maximum Gasteiger partial charge on any atom is 0.321 e. The van der Waals surface area contributed by atoms with E-state index in [1.807, 2.05) is 0 Å². The summed E-state index contributed by atoms with van der Waals surface area (Å²) < 4.78 is 4.21. The second kappa shape index (κ2) is 4.61. The molecule has 0 saturated carbocycles. The molecule has 0 aromatic carbocycles. The van der Waals surface area contributed by atoms with Crippen LogP contribution in [0.2, 0.25) is 0 Å². The van der Waals surface area contributed by atoms with E-state index in [4.69, 9.17) is 10.5 Å². The maximum absolute atomic E-state index is 10.2. The van der Waals surface area contributed by atoms with Gasteiger partial charge in [0.05, 0.1) is 6.07 Å². The Morgan fingerprint density at radius 1 is 1.44 bits per heavy atom. The molecule has 9 heavy (non-hydrogen) atoms. The summed E-state index contributed by atoms with van der Waals surface area (Å²) in [6.07, 6.45) is -0.290. The lowest BCUT2D eigenvalue weighted by Crippen LogP contribution is -2.02. The SMILES string of the molecule is N#CCOC(=O)CC#N. The van der Waals surface area contributed by atoms with Gasteiger partial charge in [0.2, 0.25) is 0 Å². The van der Waals surface area contributed by atoms with Crippen molar-refractivity contribution in [1.82, 2.24) is 0 Å². The van der Waals surface area contributed by atoms with Gasteiger partial charge in [0, 0.05) is 0 Å². The van der Waals surface area contributed by atoms with Gasteiger partial charge in [0.15, 0.2) is 6.61 Å². The van der Waals surface area contributed by atoms with Crippen LogP contribution < -0.4 is 0 Å². The normalized spacial score (nSPS) is 6.89. The highest BCUT2D eigenvalue weighted by molar-refractivity contribution is 5.71. The maximum atomic E-state index is 10.2. The number of hydrogen-bond acceptors (Lipinski definition) is 4. The first-order valence-corrected chi connectivity index (χ1v) is 2.20. The second-order valence-electron chi connectivity index (χ2n) is 1.15. The largest absolute Gasteiger partial charge is 0.449 e. The third-order valence-electron chi connectivity index (χ3n) is 0.521. The highest BCUT2D eigenvalue weighted by atomic mass is 16.5. The van der Waals surface area contributed by atoms with Gasteiger partial charge in [-0.3, -0.25) is 4.79 Å². The Bertz CT molecular complexity index is 174. The molecular weight excluding hydrogens is 120 g/mol. The third kappa shape index (κ3) is 4.30. The molecule has 0 unspecified atom stereocenters. The van der Waals surface area contributed by atoms with Gasteiger partial charge in [0.25, 0.3) is 0 Å². The zero-order chi connectivity index (χ0) is 7.11. The van der Waals surface area contributed by atoms with Crippen LogP contribution in [0.4, 0.5) is 0 Å². The molecule has 0 N–H and O–H groups in total. The van der Waals surface area contributed by atoms with Gasteiger partial charge in [0.1, 0.15) is 12.5 Å². The van der Waals surface area contributed by atoms with Crippen LogP contribution in [0.25, 0.3) is 0 Å². The predicted octanol–water partition coefficient (Wildman–Crippen LogP) is -0.0331. The molecule has 0 spiro atoms. The Balaban J connectivity index is 3.33. The molecule has 0 fully saturated rings. The number of rotatable bonds is 2. The van der Waals surface area contributed by atoms with E-state index in [1.54, 1.807) is 12.1 Å². The van der Waals surface area contributed by atoms with E-state index in [0.29, 0.717) is 0 Å². The van der Waals surface area contributed by atoms with Crippen LogP contribution in [0.3, 0.4) is 0 Å². The zero-order valence-electron chi connectivity index (χ0n) is 4.63. The fourth-order valence-corrected chi connectivity index (χ4v) is 0.228. The molecule has 0 rings (SSSR count). The summed E-state index contributed by atoms with van der Waals surface area (Å²) >= 11 is 0. The summed E-state index contributed by atoms with van der Waals surface area (Å²) in [5.41, 5.74) is 0. The second-order valence-corrected chi connectivity index (χ2v) is 1.15. The van der Waals surface area contributed by atoms with Gasteiger partial charge in [-0.15, -0.1) is 0 Å². The average molecular weight is 124 g/mol. The van der Waals surface area contributed by atoms with Crippen LogP contribution in [0.15, 0.2) is 0 Å². The molecule has 0 heterocycles. The highest BCUT2D eigenvalue weighted by Gasteiger charge is 1.97. The Kier molecular flexibility index (Phi) is 3.81. The molecule has 0 radical (unpaired) electrons. The Morgan fingerprint density at radius 3 is 2.56 bits per heavy atom. The highest BCUT2D eigenvalue weighted by Crippen LogP contribution is 1.81. The number of carbonyl (C=O) groups is 1. The van der Waals surface area contributed by atoms with Gasteiger partial charge in [-0.2, -0.15) is 10.5 Å². The van der Waals surface area contributed by atoms with Crippen molar-refractivity contribution in [3.63, 3.8) is 0 Å². The molecule has 46 valence electrons. The first-order chi connectivity index (χ1) is 4.31. The molecule has 0 aliphatic heterocycles. The fourth-order valence-electron chi connectivity index (χ4n) is 0.228. The van der Waals surface area contributed by atoms with Crippen molar-refractivity contribution >= 4 is 5.97 Å². The molecule has 0 amide bonds.